The molecule has 1 spiro atoms. The van der Waals surface area contributed by atoms with Crippen molar-refractivity contribution in [3.63, 3.8) is 0 Å². The summed E-state index contributed by atoms with van der Waals surface area (Å²) in [5.74, 6) is 0.122. The van der Waals surface area contributed by atoms with E-state index in [-0.39, 0.29) is 5.91 Å². The molecule has 2 fully saturated rings. The van der Waals surface area contributed by atoms with Gasteiger partial charge >= 0.3 is 0 Å². The van der Waals surface area contributed by atoms with Crippen molar-refractivity contribution in [3.05, 3.63) is 0 Å². The Kier molecular flexibility index (Phi) is 1.81. The fourth-order valence-electron chi connectivity index (χ4n) is 2.00. The van der Waals surface area contributed by atoms with E-state index in [0.717, 1.165) is 26.2 Å². The van der Waals surface area contributed by atoms with Crippen molar-refractivity contribution >= 4 is 5.91 Å². The molecule has 2 aliphatic rings. The number of carbonyl (C=O) groups excluding carboxylic acids is 1. The predicted molar refractivity (Wildman–Crippen MR) is 45.8 cm³/mol. The molecule has 68 valence electrons. The number of nitrogens with one attached hydrogen (secondary N) is 2. The summed E-state index contributed by atoms with van der Waals surface area (Å²) in [7, 11) is 1.68. The van der Waals surface area contributed by atoms with E-state index in [2.05, 4.69) is 15.5 Å². The maximum atomic E-state index is 11.0. The lowest BCUT2D eigenvalue weighted by molar-refractivity contribution is -0.126. The minimum atomic E-state index is 0.122. The number of likely N-dealkylation sites (N-methyl/N-ethyl adjacent to an activating group) is 1. The zero-order valence-corrected chi connectivity index (χ0v) is 7.39. The van der Waals surface area contributed by atoms with Gasteiger partial charge in [0.25, 0.3) is 0 Å². The summed E-state index contributed by atoms with van der Waals surface area (Å²) in [4.78, 5) is 13.2. The number of likely N-dealkylation sites (tertiary alicyclic amines) is 1. The third kappa shape index (κ3) is 1.21. The van der Waals surface area contributed by atoms with Gasteiger partial charge in [0.1, 0.15) is 0 Å². The summed E-state index contributed by atoms with van der Waals surface area (Å²) in [5, 5.41) is 5.90. The summed E-state index contributed by atoms with van der Waals surface area (Å²) >= 11 is 0. The van der Waals surface area contributed by atoms with Crippen molar-refractivity contribution in [2.75, 3.05) is 39.8 Å². The molecule has 2 saturated heterocycles. The SMILES string of the molecule is CNC(=O)CN1CC2(CNC2)C1. The van der Waals surface area contributed by atoms with Gasteiger partial charge in [0.15, 0.2) is 0 Å². The topological polar surface area (TPSA) is 44.4 Å². The van der Waals surface area contributed by atoms with Gasteiger partial charge in [-0.3, -0.25) is 9.69 Å². The van der Waals surface area contributed by atoms with E-state index < -0.39 is 0 Å². The molecule has 0 saturated carbocycles. The van der Waals surface area contributed by atoms with Crippen LogP contribution in [0.3, 0.4) is 0 Å². The van der Waals surface area contributed by atoms with E-state index in [1.807, 2.05) is 0 Å². The van der Waals surface area contributed by atoms with Crippen LogP contribution in [0.2, 0.25) is 0 Å². The Labute approximate surface area is 72.3 Å². The minimum Gasteiger partial charge on any atom is -0.358 e. The number of nitrogens with zero attached hydrogens (tertiary/aromatic N) is 1. The second-order valence-corrected chi connectivity index (χ2v) is 3.92. The molecular formula is C8H15N3O. The number of hydrogen-bond acceptors (Lipinski definition) is 3. The molecular weight excluding hydrogens is 154 g/mol. The van der Waals surface area contributed by atoms with Gasteiger partial charge in [-0.15, -0.1) is 0 Å². The largest absolute Gasteiger partial charge is 0.358 e. The third-order valence-corrected chi connectivity index (χ3v) is 2.76. The van der Waals surface area contributed by atoms with Crippen LogP contribution in [0.15, 0.2) is 0 Å². The molecule has 0 unspecified atom stereocenters. The van der Waals surface area contributed by atoms with Crippen LogP contribution in [0.25, 0.3) is 0 Å². The smallest absolute Gasteiger partial charge is 0.233 e. The Morgan fingerprint density at radius 3 is 2.67 bits per heavy atom. The van der Waals surface area contributed by atoms with Gasteiger partial charge in [-0.1, -0.05) is 0 Å². The van der Waals surface area contributed by atoms with Crippen LogP contribution in [0, 0.1) is 5.41 Å². The highest BCUT2D eigenvalue weighted by atomic mass is 16.1. The zero-order chi connectivity index (χ0) is 8.60. The summed E-state index contributed by atoms with van der Waals surface area (Å²) in [5.41, 5.74) is 0.536. The van der Waals surface area contributed by atoms with E-state index in [1.54, 1.807) is 7.05 Å². The maximum absolute atomic E-state index is 11.0. The first kappa shape index (κ1) is 8.01. The Hall–Kier alpha value is -0.610. The molecule has 4 nitrogen and oxygen atoms in total. The molecule has 2 heterocycles. The third-order valence-electron chi connectivity index (χ3n) is 2.76. The van der Waals surface area contributed by atoms with E-state index >= 15 is 0 Å². The molecule has 12 heavy (non-hydrogen) atoms. The molecule has 0 aromatic carbocycles. The summed E-state index contributed by atoms with van der Waals surface area (Å²) in [6.45, 7) is 5.02. The molecule has 2 N–H and O–H groups in total. The highest BCUT2D eigenvalue weighted by Gasteiger charge is 2.47. The van der Waals surface area contributed by atoms with E-state index in [1.165, 1.54) is 0 Å². The highest BCUT2D eigenvalue weighted by Crippen LogP contribution is 2.33. The average molecular weight is 169 g/mol. The van der Waals surface area contributed by atoms with E-state index in [4.69, 9.17) is 0 Å². The first-order valence-corrected chi connectivity index (χ1v) is 4.38. The van der Waals surface area contributed by atoms with Crippen LogP contribution < -0.4 is 10.6 Å². The quantitative estimate of drug-likeness (QED) is 0.536. The highest BCUT2D eigenvalue weighted by molar-refractivity contribution is 5.77. The molecule has 2 aliphatic heterocycles. The first-order chi connectivity index (χ1) is 5.74. The van der Waals surface area contributed by atoms with E-state index in [9.17, 15) is 4.79 Å². The Morgan fingerprint density at radius 1 is 1.58 bits per heavy atom. The second kappa shape index (κ2) is 2.71. The fraction of sp³-hybridized carbons (Fsp3) is 0.875. The second-order valence-electron chi connectivity index (χ2n) is 3.92. The van der Waals surface area contributed by atoms with Gasteiger partial charge in [0.05, 0.1) is 6.54 Å². The van der Waals surface area contributed by atoms with Gasteiger partial charge in [0.2, 0.25) is 5.91 Å². The lowest BCUT2D eigenvalue weighted by Gasteiger charge is -2.55. The van der Waals surface area contributed by atoms with Crippen molar-refractivity contribution < 1.29 is 4.79 Å². The lowest BCUT2D eigenvalue weighted by Crippen LogP contribution is -2.71. The van der Waals surface area contributed by atoms with Crippen molar-refractivity contribution in [3.8, 4) is 0 Å². The Bertz CT molecular complexity index is 192. The van der Waals surface area contributed by atoms with Crippen LogP contribution >= 0.6 is 0 Å². The van der Waals surface area contributed by atoms with Crippen molar-refractivity contribution in [2.24, 2.45) is 5.41 Å². The molecule has 0 aliphatic carbocycles. The van der Waals surface area contributed by atoms with Crippen LogP contribution in [0.1, 0.15) is 0 Å². The van der Waals surface area contributed by atoms with Crippen LogP contribution in [0.5, 0.6) is 0 Å². The predicted octanol–water partition coefficient (Wildman–Crippen LogP) is -1.36. The molecule has 4 heteroatoms. The van der Waals surface area contributed by atoms with Gasteiger partial charge in [-0.2, -0.15) is 0 Å². The number of carbonyl (C=O) groups is 1. The first-order valence-electron chi connectivity index (χ1n) is 4.38. The van der Waals surface area contributed by atoms with Crippen molar-refractivity contribution in [2.45, 2.75) is 0 Å². The van der Waals surface area contributed by atoms with Gasteiger partial charge in [-0.05, 0) is 0 Å². The number of rotatable bonds is 2. The standard InChI is InChI=1S/C8H15N3O/c1-9-7(12)2-11-5-8(6-11)3-10-4-8/h10H,2-6H2,1H3,(H,9,12). The molecule has 0 bridgehead atoms. The summed E-state index contributed by atoms with van der Waals surface area (Å²) in [6, 6.07) is 0. The van der Waals surface area contributed by atoms with Crippen LogP contribution in [0.4, 0.5) is 0 Å². The fourth-order valence-corrected chi connectivity index (χ4v) is 2.00. The average Bonchev–Trinajstić information content (AvgIpc) is 1.91. The molecule has 1 amide bonds. The summed E-state index contributed by atoms with van der Waals surface area (Å²) in [6.07, 6.45) is 0. The Morgan fingerprint density at radius 2 is 2.25 bits per heavy atom. The number of hydrogen-bond donors (Lipinski definition) is 2. The zero-order valence-electron chi connectivity index (χ0n) is 7.39. The molecule has 0 atom stereocenters. The number of amides is 1. The molecule has 2 rings (SSSR count). The summed E-state index contributed by atoms with van der Waals surface area (Å²) < 4.78 is 0. The Balaban J connectivity index is 1.71. The molecule has 0 aromatic rings. The van der Waals surface area contributed by atoms with Crippen LogP contribution in [-0.2, 0) is 4.79 Å². The maximum Gasteiger partial charge on any atom is 0.233 e. The van der Waals surface area contributed by atoms with E-state index in [0.29, 0.717) is 12.0 Å². The van der Waals surface area contributed by atoms with Crippen LogP contribution in [-0.4, -0.2) is 50.6 Å². The molecule has 0 aromatic heterocycles. The minimum absolute atomic E-state index is 0.122. The van der Waals surface area contributed by atoms with Crippen molar-refractivity contribution in [1.82, 2.24) is 15.5 Å². The van der Waals surface area contributed by atoms with Gasteiger partial charge < -0.3 is 10.6 Å². The normalized spacial score (nSPS) is 26.1. The van der Waals surface area contributed by atoms with Gasteiger partial charge in [0, 0.05) is 38.6 Å². The monoisotopic (exact) mass is 169 g/mol. The molecule has 0 radical (unpaired) electrons. The van der Waals surface area contributed by atoms with Crippen molar-refractivity contribution in [1.29, 1.82) is 0 Å². The van der Waals surface area contributed by atoms with Gasteiger partial charge in [-0.25, -0.2) is 0 Å². The lowest BCUT2D eigenvalue weighted by atomic mass is 9.74.